The Hall–Kier alpha value is -3.52. The van der Waals surface area contributed by atoms with Gasteiger partial charge in [-0.2, -0.15) is 0 Å². The second kappa shape index (κ2) is 8.31. The van der Waals surface area contributed by atoms with E-state index in [-0.39, 0.29) is 17.7 Å². The molecule has 7 nitrogen and oxygen atoms in total. The molecule has 2 N–H and O–H groups in total. The van der Waals surface area contributed by atoms with E-state index in [2.05, 4.69) is 15.5 Å². The summed E-state index contributed by atoms with van der Waals surface area (Å²) in [6.07, 6.45) is 0.922. The predicted molar refractivity (Wildman–Crippen MR) is 114 cm³/mol. The number of nitrogens with zero attached hydrogens (tertiary/aromatic N) is 2. The average molecular weight is 423 g/mol. The summed E-state index contributed by atoms with van der Waals surface area (Å²) in [5.41, 5.74) is 0.743. The topological polar surface area (TPSA) is 101 Å². The van der Waals surface area contributed by atoms with Crippen molar-refractivity contribution < 1.29 is 18.3 Å². The lowest BCUT2D eigenvalue weighted by atomic mass is 9.98. The molecule has 0 aliphatic rings. The third-order valence-corrected chi connectivity index (χ3v) is 5.38. The molecule has 0 aliphatic carbocycles. The van der Waals surface area contributed by atoms with Crippen molar-refractivity contribution in [2.75, 3.05) is 5.32 Å². The minimum Gasteiger partial charge on any atom is -0.423 e. The van der Waals surface area contributed by atoms with Crippen LogP contribution in [0.1, 0.15) is 38.1 Å². The van der Waals surface area contributed by atoms with Crippen molar-refractivity contribution in [1.82, 2.24) is 10.2 Å². The largest absolute Gasteiger partial charge is 0.423 e. The average Bonchev–Trinajstić information content (AvgIpc) is 3.26. The molecule has 2 heterocycles. The first-order valence-corrected chi connectivity index (χ1v) is 10.0. The lowest BCUT2D eigenvalue weighted by Crippen LogP contribution is -2.23. The van der Waals surface area contributed by atoms with Gasteiger partial charge in [-0.3, -0.25) is 0 Å². The molecule has 0 saturated heterocycles. The first-order valence-electron chi connectivity index (χ1n) is 10.0. The number of rotatable bonds is 7. The molecule has 0 fully saturated rings. The summed E-state index contributed by atoms with van der Waals surface area (Å²) in [5, 5.41) is 22.1. The number of nitrogens with one attached hydrogen (secondary N) is 1. The van der Waals surface area contributed by atoms with E-state index in [1.165, 1.54) is 18.2 Å². The third-order valence-electron chi connectivity index (χ3n) is 5.38. The van der Waals surface area contributed by atoms with Gasteiger partial charge in [0.2, 0.25) is 5.89 Å². The van der Waals surface area contributed by atoms with Crippen LogP contribution in [-0.4, -0.2) is 15.3 Å². The van der Waals surface area contributed by atoms with Crippen LogP contribution >= 0.6 is 0 Å². The van der Waals surface area contributed by atoms with E-state index >= 15 is 0 Å². The molecule has 0 spiro atoms. The van der Waals surface area contributed by atoms with Gasteiger partial charge in [0.25, 0.3) is 0 Å². The number of anilines is 1. The Morgan fingerprint density at radius 3 is 2.61 bits per heavy atom. The number of hydrogen-bond acceptors (Lipinski definition) is 7. The maximum atomic E-state index is 13.7. The zero-order chi connectivity index (χ0) is 22.0. The predicted octanol–water partition coefficient (Wildman–Crippen LogP) is 4.60. The maximum absolute atomic E-state index is 13.7. The number of halogens is 1. The molecule has 0 amide bonds. The highest BCUT2D eigenvalue weighted by atomic mass is 19.1. The molecule has 2 aromatic carbocycles. The summed E-state index contributed by atoms with van der Waals surface area (Å²) in [6, 6.07) is 13.0. The van der Waals surface area contributed by atoms with Crippen molar-refractivity contribution in [2.24, 2.45) is 0 Å². The highest BCUT2D eigenvalue weighted by molar-refractivity contribution is 5.93. The molecule has 0 bridgehead atoms. The van der Waals surface area contributed by atoms with Crippen LogP contribution in [-0.2, 0) is 12.1 Å². The van der Waals surface area contributed by atoms with Gasteiger partial charge in [0.05, 0.1) is 0 Å². The molecule has 160 valence electrons. The molecular formula is C23H22FN3O4. The van der Waals surface area contributed by atoms with Gasteiger partial charge in [0.1, 0.15) is 17.0 Å². The Morgan fingerprint density at radius 1 is 1.06 bits per heavy atom. The van der Waals surface area contributed by atoms with Gasteiger partial charge in [0.15, 0.2) is 0 Å². The number of hydrogen-bond donors (Lipinski definition) is 2. The fourth-order valence-electron chi connectivity index (χ4n) is 3.42. The van der Waals surface area contributed by atoms with Crippen LogP contribution in [0.2, 0.25) is 0 Å². The molecule has 0 unspecified atom stereocenters. The van der Waals surface area contributed by atoms with Crippen LogP contribution < -0.4 is 10.9 Å². The van der Waals surface area contributed by atoms with Crippen molar-refractivity contribution in [3.05, 3.63) is 76.2 Å². The fourth-order valence-corrected chi connectivity index (χ4v) is 3.42. The molecule has 8 heteroatoms. The zero-order valence-electron chi connectivity index (χ0n) is 17.2. The van der Waals surface area contributed by atoms with Crippen LogP contribution in [0.3, 0.4) is 0 Å². The van der Waals surface area contributed by atoms with Crippen molar-refractivity contribution in [2.45, 2.75) is 38.8 Å². The Bertz CT molecular complexity index is 1280. The van der Waals surface area contributed by atoms with E-state index in [4.69, 9.17) is 8.83 Å². The highest BCUT2D eigenvalue weighted by Gasteiger charge is 2.31. The van der Waals surface area contributed by atoms with Gasteiger partial charge in [-0.15, -0.1) is 5.10 Å². The van der Waals surface area contributed by atoms with Crippen molar-refractivity contribution in [3.63, 3.8) is 0 Å². The van der Waals surface area contributed by atoms with Crippen LogP contribution in [0.5, 0.6) is 0 Å². The van der Waals surface area contributed by atoms with Gasteiger partial charge in [-0.1, -0.05) is 43.2 Å². The lowest BCUT2D eigenvalue weighted by molar-refractivity contribution is 0.00206. The normalized spacial score (nSPS) is 11.7. The molecule has 2 aromatic heterocycles. The summed E-state index contributed by atoms with van der Waals surface area (Å²) in [6.45, 7) is 4.03. The van der Waals surface area contributed by atoms with Crippen LogP contribution in [0.25, 0.3) is 22.1 Å². The van der Waals surface area contributed by atoms with Gasteiger partial charge in [-0.25, -0.2) is 9.18 Å². The summed E-state index contributed by atoms with van der Waals surface area (Å²) in [5.74, 6) is -0.207. The Labute approximate surface area is 177 Å². The Balaban J connectivity index is 1.59. The molecule has 0 aliphatic heterocycles. The molecule has 4 rings (SSSR count). The monoisotopic (exact) mass is 423 g/mol. The standard InChI is InChI=1S/C23H22FN3O4/c1-3-23(29,4-2)21-26-27-22(31-21)25-13-14-8-9-17-18(12-20(28)30-19(17)10-14)15-6-5-7-16(24)11-15/h5-12,29H,3-4,13H2,1-2H3,(H,25,27). The van der Waals surface area contributed by atoms with Gasteiger partial charge < -0.3 is 19.3 Å². The first kappa shape index (κ1) is 20.7. The molecule has 0 saturated carbocycles. The number of aromatic nitrogens is 2. The summed E-state index contributed by atoms with van der Waals surface area (Å²) in [4.78, 5) is 12.1. The van der Waals surface area contributed by atoms with E-state index in [0.29, 0.717) is 41.5 Å². The maximum Gasteiger partial charge on any atom is 0.336 e. The third kappa shape index (κ3) is 4.20. The van der Waals surface area contributed by atoms with Crippen LogP contribution in [0, 0.1) is 5.82 Å². The van der Waals surface area contributed by atoms with E-state index in [0.717, 1.165) is 5.56 Å². The minimum atomic E-state index is -1.15. The Kier molecular flexibility index (Phi) is 5.56. The minimum absolute atomic E-state index is 0.171. The van der Waals surface area contributed by atoms with Crippen LogP contribution in [0.15, 0.2) is 62.2 Å². The summed E-state index contributed by atoms with van der Waals surface area (Å²) in [7, 11) is 0. The quantitative estimate of drug-likeness (QED) is 0.419. The molecule has 0 atom stereocenters. The van der Waals surface area contributed by atoms with Crippen LogP contribution in [0.4, 0.5) is 10.4 Å². The molecular weight excluding hydrogens is 401 g/mol. The van der Waals surface area contributed by atoms with E-state index < -0.39 is 11.2 Å². The molecule has 0 radical (unpaired) electrons. The second-order valence-corrected chi connectivity index (χ2v) is 7.32. The van der Waals surface area contributed by atoms with E-state index in [1.807, 2.05) is 26.0 Å². The van der Waals surface area contributed by atoms with Gasteiger partial charge >= 0.3 is 11.6 Å². The van der Waals surface area contributed by atoms with Crippen molar-refractivity contribution in [1.29, 1.82) is 0 Å². The highest BCUT2D eigenvalue weighted by Crippen LogP contribution is 2.30. The zero-order valence-corrected chi connectivity index (χ0v) is 17.2. The smallest absolute Gasteiger partial charge is 0.336 e. The van der Waals surface area contributed by atoms with Crippen molar-refractivity contribution in [3.8, 4) is 11.1 Å². The van der Waals surface area contributed by atoms with E-state index in [9.17, 15) is 14.3 Å². The number of aliphatic hydroxyl groups is 1. The summed E-state index contributed by atoms with van der Waals surface area (Å²) >= 11 is 0. The second-order valence-electron chi connectivity index (χ2n) is 7.32. The Morgan fingerprint density at radius 2 is 1.87 bits per heavy atom. The summed E-state index contributed by atoms with van der Waals surface area (Å²) < 4.78 is 24.6. The number of benzene rings is 2. The number of fused-ring (bicyclic) bond motifs is 1. The molecule has 31 heavy (non-hydrogen) atoms. The van der Waals surface area contributed by atoms with E-state index in [1.54, 1.807) is 18.2 Å². The molecule has 4 aromatic rings. The fraction of sp³-hybridized carbons (Fsp3) is 0.261. The first-order chi connectivity index (χ1) is 14.9. The van der Waals surface area contributed by atoms with Crippen molar-refractivity contribution >= 4 is 17.0 Å². The lowest BCUT2D eigenvalue weighted by Gasteiger charge is -2.19. The van der Waals surface area contributed by atoms with Gasteiger partial charge in [-0.05, 0) is 47.7 Å². The SMILES string of the molecule is CCC(O)(CC)c1nnc(NCc2ccc3c(-c4cccc(F)c4)cc(=O)oc3c2)o1. The van der Waals surface area contributed by atoms with Gasteiger partial charge in [0, 0.05) is 18.0 Å².